The standard InChI is InChI=1S/C9H4F2IN/c10-5-1-8(11)7-3-6(12)4-13-9(7)2-5/h1-4H. The fourth-order valence-electron chi connectivity index (χ4n) is 1.13. The molecule has 13 heavy (non-hydrogen) atoms. The molecule has 0 radical (unpaired) electrons. The van der Waals surface area contributed by atoms with Crippen LogP contribution in [0.5, 0.6) is 0 Å². The van der Waals surface area contributed by atoms with Crippen LogP contribution >= 0.6 is 22.6 Å². The monoisotopic (exact) mass is 291 g/mol. The van der Waals surface area contributed by atoms with Crippen molar-refractivity contribution in [3.63, 3.8) is 0 Å². The predicted molar refractivity (Wildman–Crippen MR) is 54.4 cm³/mol. The van der Waals surface area contributed by atoms with Crippen molar-refractivity contribution in [1.29, 1.82) is 0 Å². The highest BCUT2D eigenvalue weighted by Gasteiger charge is 2.04. The molecule has 2 aromatic rings. The number of fused-ring (bicyclic) bond motifs is 1. The molecule has 0 spiro atoms. The Balaban J connectivity index is 2.87. The molecule has 0 saturated heterocycles. The second-order valence-corrected chi connectivity index (χ2v) is 3.85. The first kappa shape index (κ1) is 8.80. The van der Waals surface area contributed by atoms with Crippen molar-refractivity contribution in [2.24, 2.45) is 0 Å². The fraction of sp³-hybridized carbons (Fsp3) is 0. The molecular weight excluding hydrogens is 287 g/mol. The molecule has 0 aliphatic rings. The van der Waals surface area contributed by atoms with Gasteiger partial charge in [0.15, 0.2) is 0 Å². The number of pyridine rings is 1. The van der Waals surface area contributed by atoms with Crippen LogP contribution < -0.4 is 0 Å². The van der Waals surface area contributed by atoms with Crippen LogP contribution in [0.2, 0.25) is 0 Å². The Morgan fingerprint density at radius 1 is 1.15 bits per heavy atom. The normalized spacial score (nSPS) is 10.7. The molecule has 0 bridgehead atoms. The van der Waals surface area contributed by atoms with E-state index in [9.17, 15) is 8.78 Å². The fourth-order valence-corrected chi connectivity index (χ4v) is 1.58. The SMILES string of the molecule is Fc1cc(F)c2cc(I)cnc2c1. The van der Waals surface area contributed by atoms with Crippen molar-refractivity contribution in [3.8, 4) is 0 Å². The number of hydrogen-bond acceptors (Lipinski definition) is 1. The van der Waals surface area contributed by atoms with Crippen LogP contribution in [0, 0.1) is 15.2 Å². The Kier molecular flexibility index (Phi) is 2.15. The molecule has 4 heteroatoms. The molecule has 1 heterocycles. The zero-order chi connectivity index (χ0) is 9.42. The van der Waals surface area contributed by atoms with E-state index >= 15 is 0 Å². The molecule has 0 atom stereocenters. The molecule has 0 fully saturated rings. The number of benzene rings is 1. The summed E-state index contributed by atoms with van der Waals surface area (Å²) in [5, 5.41) is 0.355. The van der Waals surface area contributed by atoms with E-state index in [1.54, 1.807) is 12.3 Å². The van der Waals surface area contributed by atoms with Gasteiger partial charge >= 0.3 is 0 Å². The van der Waals surface area contributed by atoms with Crippen LogP contribution in [-0.2, 0) is 0 Å². The molecule has 66 valence electrons. The zero-order valence-corrected chi connectivity index (χ0v) is 8.55. The maximum atomic E-state index is 13.1. The summed E-state index contributed by atoms with van der Waals surface area (Å²) in [4.78, 5) is 3.91. The van der Waals surface area contributed by atoms with Gasteiger partial charge in [-0.3, -0.25) is 4.98 Å². The minimum Gasteiger partial charge on any atom is -0.255 e. The van der Waals surface area contributed by atoms with E-state index in [2.05, 4.69) is 4.98 Å². The van der Waals surface area contributed by atoms with Gasteiger partial charge in [-0.2, -0.15) is 0 Å². The largest absolute Gasteiger partial charge is 0.255 e. The molecule has 2 rings (SSSR count). The van der Waals surface area contributed by atoms with E-state index in [1.165, 1.54) is 6.07 Å². The van der Waals surface area contributed by atoms with Gasteiger partial charge in [0, 0.05) is 27.3 Å². The molecule has 0 unspecified atom stereocenters. The predicted octanol–water partition coefficient (Wildman–Crippen LogP) is 3.12. The van der Waals surface area contributed by atoms with Crippen LogP contribution in [0.15, 0.2) is 24.4 Å². The Bertz CT molecular complexity index is 470. The van der Waals surface area contributed by atoms with Crippen LogP contribution in [0.1, 0.15) is 0 Å². The highest BCUT2D eigenvalue weighted by atomic mass is 127. The Morgan fingerprint density at radius 2 is 1.92 bits per heavy atom. The van der Waals surface area contributed by atoms with Gasteiger partial charge in [-0.05, 0) is 28.7 Å². The topological polar surface area (TPSA) is 12.9 Å². The lowest BCUT2D eigenvalue weighted by atomic mass is 10.2. The smallest absolute Gasteiger partial charge is 0.135 e. The summed E-state index contributed by atoms with van der Waals surface area (Å²) in [6.07, 6.45) is 1.57. The van der Waals surface area contributed by atoms with E-state index < -0.39 is 11.6 Å². The lowest BCUT2D eigenvalue weighted by molar-refractivity contribution is 0.591. The van der Waals surface area contributed by atoms with E-state index in [0.29, 0.717) is 10.9 Å². The van der Waals surface area contributed by atoms with E-state index in [4.69, 9.17) is 0 Å². The second-order valence-electron chi connectivity index (χ2n) is 2.61. The van der Waals surface area contributed by atoms with E-state index in [1.807, 2.05) is 22.6 Å². The summed E-state index contributed by atoms with van der Waals surface area (Å²) >= 11 is 2.03. The molecule has 0 aliphatic carbocycles. The maximum Gasteiger partial charge on any atom is 0.135 e. The van der Waals surface area contributed by atoms with Gasteiger partial charge in [0.25, 0.3) is 0 Å². The first-order valence-corrected chi connectivity index (χ1v) is 4.65. The number of aromatic nitrogens is 1. The second kappa shape index (κ2) is 3.17. The molecule has 1 aromatic carbocycles. The first-order chi connectivity index (χ1) is 6.16. The molecule has 1 aromatic heterocycles. The number of hydrogen-bond donors (Lipinski definition) is 0. The Hall–Kier alpha value is -0.780. The number of rotatable bonds is 0. The highest BCUT2D eigenvalue weighted by Crippen LogP contribution is 2.19. The first-order valence-electron chi connectivity index (χ1n) is 3.57. The number of nitrogens with zero attached hydrogens (tertiary/aromatic N) is 1. The van der Waals surface area contributed by atoms with Gasteiger partial charge in [0.05, 0.1) is 5.52 Å². The summed E-state index contributed by atoms with van der Waals surface area (Å²) in [6, 6.07) is 3.71. The zero-order valence-electron chi connectivity index (χ0n) is 6.39. The molecule has 1 nitrogen and oxygen atoms in total. The minimum absolute atomic E-state index is 0.345. The lowest BCUT2D eigenvalue weighted by Gasteiger charge is -1.99. The van der Waals surface area contributed by atoms with E-state index in [0.717, 1.165) is 9.64 Å². The summed E-state index contributed by atoms with van der Waals surface area (Å²) in [5.74, 6) is -1.17. The van der Waals surface area contributed by atoms with Crippen molar-refractivity contribution < 1.29 is 8.78 Å². The molecule has 0 N–H and O–H groups in total. The quantitative estimate of drug-likeness (QED) is 0.680. The molecule has 0 saturated carbocycles. The summed E-state index contributed by atoms with van der Waals surface area (Å²) in [6.45, 7) is 0. The van der Waals surface area contributed by atoms with Gasteiger partial charge < -0.3 is 0 Å². The van der Waals surface area contributed by atoms with Gasteiger partial charge in [0.2, 0.25) is 0 Å². The molecule has 0 aliphatic heterocycles. The van der Waals surface area contributed by atoms with Gasteiger partial charge in [-0.15, -0.1) is 0 Å². The average Bonchev–Trinajstić information content (AvgIpc) is 2.06. The summed E-state index contributed by atoms with van der Waals surface area (Å²) < 4.78 is 26.7. The minimum atomic E-state index is -0.598. The summed E-state index contributed by atoms with van der Waals surface area (Å²) in [5.41, 5.74) is 0.345. The average molecular weight is 291 g/mol. The van der Waals surface area contributed by atoms with E-state index in [-0.39, 0.29) is 0 Å². The van der Waals surface area contributed by atoms with Crippen molar-refractivity contribution in [1.82, 2.24) is 4.98 Å². The van der Waals surface area contributed by atoms with Gasteiger partial charge in [-0.1, -0.05) is 0 Å². The van der Waals surface area contributed by atoms with Crippen molar-refractivity contribution in [2.75, 3.05) is 0 Å². The van der Waals surface area contributed by atoms with Gasteiger partial charge in [0.1, 0.15) is 11.6 Å². The summed E-state index contributed by atoms with van der Waals surface area (Å²) in [7, 11) is 0. The van der Waals surface area contributed by atoms with Crippen LogP contribution in [0.4, 0.5) is 8.78 Å². The lowest BCUT2D eigenvalue weighted by Crippen LogP contribution is -1.87. The van der Waals surface area contributed by atoms with Crippen molar-refractivity contribution >= 4 is 33.5 Å². The van der Waals surface area contributed by atoms with Crippen LogP contribution in [-0.4, -0.2) is 4.98 Å². The van der Waals surface area contributed by atoms with Gasteiger partial charge in [-0.25, -0.2) is 8.78 Å². The Labute approximate surface area is 86.9 Å². The molecular formula is C9H4F2IN. The van der Waals surface area contributed by atoms with Crippen LogP contribution in [0.3, 0.4) is 0 Å². The third-order valence-corrected chi connectivity index (χ3v) is 2.27. The highest BCUT2D eigenvalue weighted by molar-refractivity contribution is 14.1. The number of halogens is 3. The van der Waals surface area contributed by atoms with Crippen molar-refractivity contribution in [3.05, 3.63) is 39.6 Å². The maximum absolute atomic E-state index is 13.1. The third-order valence-electron chi connectivity index (χ3n) is 1.68. The molecule has 0 amide bonds. The van der Waals surface area contributed by atoms with Crippen LogP contribution in [0.25, 0.3) is 10.9 Å². The Morgan fingerprint density at radius 3 is 2.69 bits per heavy atom. The third kappa shape index (κ3) is 1.63. The van der Waals surface area contributed by atoms with Crippen molar-refractivity contribution in [2.45, 2.75) is 0 Å².